The van der Waals surface area contributed by atoms with Crippen molar-refractivity contribution in [3.8, 4) is 0 Å². The van der Waals surface area contributed by atoms with Crippen LogP contribution < -0.4 is 0 Å². The molecule has 0 nitrogen and oxygen atoms in total. The first kappa shape index (κ1) is 6.69. The van der Waals surface area contributed by atoms with Crippen LogP contribution >= 0.6 is 0 Å². The van der Waals surface area contributed by atoms with E-state index in [1.54, 1.807) is 0 Å². The Hall–Kier alpha value is 0. The first-order valence-electron chi connectivity index (χ1n) is 4.56. The van der Waals surface area contributed by atoms with E-state index < -0.39 is 0 Å². The molecule has 0 heteroatoms. The van der Waals surface area contributed by atoms with Crippen LogP contribution in [0.4, 0.5) is 0 Å². The van der Waals surface area contributed by atoms with E-state index in [0.29, 0.717) is 10.8 Å². The molecule has 0 aromatic heterocycles. The minimum absolute atomic E-state index is 0.660. The Morgan fingerprint density at radius 1 is 1.00 bits per heavy atom. The molecule has 0 unspecified atom stereocenters. The summed E-state index contributed by atoms with van der Waals surface area (Å²) >= 11 is 0. The summed E-state index contributed by atoms with van der Waals surface area (Å²) in [6.45, 7) is 7.43. The van der Waals surface area contributed by atoms with E-state index in [-0.39, 0.29) is 0 Å². The fraction of sp³-hybridized carbons (Fsp3) is 1.00. The Labute approximate surface area is 64.0 Å². The summed E-state index contributed by atoms with van der Waals surface area (Å²) in [6, 6.07) is 0. The molecule has 0 aromatic rings. The molecule has 2 rings (SSSR count). The maximum atomic E-state index is 2.49. The molecule has 0 atom stereocenters. The van der Waals surface area contributed by atoms with E-state index >= 15 is 0 Å². The van der Waals surface area contributed by atoms with Crippen LogP contribution in [0.15, 0.2) is 0 Å². The van der Waals surface area contributed by atoms with Gasteiger partial charge in [-0.05, 0) is 42.4 Å². The summed E-state index contributed by atoms with van der Waals surface area (Å²) in [7, 11) is 0. The zero-order valence-corrected chi connectivity index (χ0v) is 7.41. The summed E-state index contributed by atoms with van der Waals surface area (Å²) in [6.07, 6.45) is 5.99. The van der Waals surface area contributed by atoms with Crippen LogP contribution in [-0.4, -0.2) is 0 Å². The molecular formula is C10H18. The smallest absolute Gasteiger partial charge is 0.0272 e. The molecular weight excluding hydrogens is 120 g/mol. The van der Waals surface area contributed by atoms with Crippen molar-refractivity contribution < 1.29 is 0 Å². The van der Waals surface area contributed by atoms with Gasteiger partial charge in [0.05, 0.1) is 0 Å². The normalized spacial score (nSPS) is 50.1. The number of hydrogen-bond acceptors (Lipinski definition) is 0. The van der Waals surface area contributed by atoms with Gasteiger partial charge in [0.1, 0.15) is 0 Å². The largest absolute Gasteiger partial charge is 0.0591 e. The lowest BCUT2D eigenvalue weighted by Crippen LogP contribution is -2.26. The summed E-state index contributed by atoms with van der Waals surface area (Å²) in [4.78, 5) is 0. The van der Waals surface area contributed by atoms with Crippen LogP contribution in [0.5, 0.6) is 0 Å². The number of rotatable bonds is 0. The second-order valence-corrected chi connectivity index (χ2v) is 5.06. The third-order valence-electron chi connectivity index (χ3n) is 4.67. The Bertz CT molecular complexity index is 145. The summed E-state index contributed by atoms with van der Waals surface area (Å²) in [5, 5.41) is 0. The average Bonchev–Trinajstić information content (AvgIpc) is 2.18. The maximum Gasteiger partial charge on any atom is -0.0272 e. The summed E-state index contributed by atoms with van der Waals surface area (Å²) in [5.41, 5.74) is 1.37. The second kappa shape index (κ2) is 1.60. The number of hydrogen-bond donors (Lipinski definition) is 0. The minimum atomic E-state index is 0.660. The van der Waals surface area contributed by atoms with Gasteiger partial charge in [0.15, 0.2) is 0 Å². The van der Waals surface area contributed by atoms with Gasteiger partial charge in [-0.2, -0.15) is 0 Å². The fourth-order valence-electron chi connectivity index (χ4n) is 3.11. The Balaban J connectivity index is 2.37. The predicted octanol–water partition coefficient (Wildman–Crippen LogP) is 3.22. The zero-order valence-electron chi connectivity index (χ0n) is 7.41. The Kier molecular flexibility index (Phi) is 1.07. The molecule has 58 valence electrons. The SMILES string of the molecule is CC1(C)[C@H]2CC[C@]1(C)CC2. The van der Waals surface area contributed by atoms with Crippen molar-refractivity contribution in [2.24, 2.45) is 16.7 Å². The lowest BCUT2D eigenvalue weighted by atomic mass is 9.71. The van der Waals surface area contributed by atoms with E-state index in [0.717, 1.165) is 5.92 Å². The highest BCUT2D eigenvalue weighted by Gasteiger charge is 2.55. The molecule has 0 heterocycles. The van der Waals surface area contributed by atoms with Crippen molar-refractivity contribution in [3.05, 3.63) is 0 Å². The average molecular weight is 138 g/mol. The third kappa shape index (κ3) is 0.538. The molecule has 10 heavy (non-hydrogen) atoms. The van der Waals surface area contributed by atoms with Gasteiger partial charge in [-0.25, -0.2) is 0 Å². The van der Waals surface area contributed by atoms with Gasteiger partial charge in [0.25, 0.3) is 0 Å². The summed E-state index contributed by atoms with van der Waals surface area (Å²) in [5.74, 6) is 1.05. The standard InChI is InChI=1S/C10H18/c1-9(2)8-4-6-10(9,3)7-5-8/h8H,4-7H2,1-3H3/t8-,10+. The molecule has 0 N–H and O–H groups in total. The van der Waals surface area contributed by atoms with Crippen molar-refractivity contribution in [2.75, 3.05) is 0 Å². The highest BCUT2D eigenvalue weighted by atomic mass is 14.6. The third-order valence-corrected chi connectivity index (χ3v) is 4.67. The van der Waals surface area contributed by atoms with Crippen molar-refractivity contribution in [3.63, 3.8) is 0 Å². The molecule has 0 aliphatic heterocycles. The molecule has 0 amide bonds. The van der Waals surface area contributed by atoms with Crippen molar-refractivity contribution in [1.29, 1.82) is 0 Å². The lowest BCUT2D eigenvalue weighted by molar-refractivity contribution is 0.152. The monoisotopic (exact) mass is 138 g/mol. The van der Waals surface area contributed by atoms with Crippen LogP contribution in [0.1, 0.15) is 46.5 Å². The van der Waals surface area contributed by atoms with Gasteiger partial charge in [-0.3, -0.25) is 0 Å². The second-order valence-electron chi connectivity index (χ2n) is 5.06. The Morgan fingerprint density at radius 2 is 1.50 bits per heavy atom. The van der Waals surface area contributed by atoms with Crippen LogP contribution in [0.2, 0.25) is 0 Å². The van der Waals surface area contributed by atoms with Gasteiger partial charge in [-0.1, -0.05) is 20.8 Å². The molecule has 0 spiro atoms. The van der Waals surface area contributed by atoms with E-state index in [1.165, 1.54) is 25.7 Å². The van der Waals surface area contributed by atoms with Crippen LogP contribution in [0.3, 0.4) is 0 Å². The molecule has 2 fully saturated rings. The van der Waals surface area contributed by atoms with Crippen molar-refractivity contribution in [1.82, 2.24) is 0 Å². The topological polar surface area (TPSA) is 0 Å². The predicted molar refractivity (Wildman–Crippen MR) is 43.8 cm³/mol. The molecule has 0 saturated heterocycles. The van der Waals surface area contributed by atoms with Crippen LogP contribution in [-0.2, 0) is 0 Å². The number of fused-ring (bicyclic) bond motifs is 2. The van der Waals surface area contributed by atoms with E-state index in [4.69, 9.17) is 0 Å². The first-order valence-corrected chi connectivity index (χ1v) is 4.56. The summed E-state index contributed by atoms with van der Waals surface area (Å²) < 4.78 is 0. The molecule has 2 aliphatic carbocycles. The van der Waals surface area contributed by atoms with Gasteiger partial charge in [0.2, 0.25) is 0 Å². The van der Waals surface area contributed by atoms with Gasteiger partial charge < -0.3 is 0 Å². The molecule has 2 aliphatic rings. The Morgan fingerprint density at radius 3 is 1.60 bits per heavy atom. The fourth-order valence-corrected chi connectivity index (χ4v) is 3.11. The van der Waals surface area contributed by atoms with Crippen LogP contribution in [0.25, 0.3) is 0 Å². The lowest BCUT2D eigenvalue weighted by Gasteiger charge is -2.34. The van der Waals surface area contributed by atoms with Gasteiger partial charge in [-0.15, -0.1) is 0 Å². The molecule has 0 radical (unpaired) electrons. The molecule has 2 saturated carbocycles. The molecule has 0 aromatic carbocycles. The van der Waals surface area contributed by atoms with Gasteiger partial charge in [0, 0.05) is 0 Å². The first-order chi connectivity index (χ1) is 4.56. The van der Waals surface area contributed by atoms with E-state index in [2.05, 4.69) is 20.8 Å². The van der Waals surface area contributed by atoms with Crippen molar-refractivity contribution in [2.45, 2.75) is 46.5 Å². The highest BCUT2D eigenvalue weighted by Crippen LogP contribution is 2.65. The zero-order chi connectivity index (χ0) is 7.41. The van der Waals surface area contributed by atoms with Crippen molar-refractivity contribution >= 4 is 0 Å². The van der Waals surface area contributed by atoms with Gasteiger partial charge >= 0.3 is 0 Å². The quantitative estimate of drug-likeness (QED) is 0.482. The van der Waals surface area contributed by atoms with E-state index in [1.807, 2.05) is 0 Å². The van der Waals surface area contributed by atoms with Crippen LogP contribution in [0, 0.1) is 16.7 Å². The minimum Gasteiger partial charge on any atom is -0.0591 e. The maximum absolute atomic E-state index is 2.49. The molecule has 2 bridgehead atoms. The highest BCUT2D eigenvalue weighted by molar-refractivity contribution is 5.05. The van der Waals surface area contributed by atoms with E-state index in [9.17, 15) is 0 Å².